The molecule has 9 nitrogen and oxygen atoms in total. The quantitative estimate of drug-likeness (QED) is 0.488. The molecule has 0 aliphatic heterocycles. The zero-order chi connectivity index (χ0) is 15.2. The highest BCUT2D eigenvalue weighted by molar-refractivity contribution is 7.72. The summed E-state index contributed by atoms with van der Waals surface area (Å²) < 4.78 is 24.1. The predicted molar refractivity (Wildman–Crippen MR) is 67.9 cm³/mol. The Labute approximate surface area is 112 Å². The van der Waals surface area contributed by atoms with E-state index in [1.807, 2.05) is 0 Å². The van der Waals surface area contributed by atoms with Crippen molar-refractivity contribution in [1.82, 2.24) is 9.38 Å². The number of pyridine rings is 1. The smallest absolute Gasteiger partial charge is 0.367 e. The van der Waals surface area contributed by atoms with Crippen LogP contribution in [-0.2, 0) is 15.6 Å². The van der Waals surface area contributed by atoms with Gasteiger partial charge in [-0.25, -0.2) is 4.98 Å². The van der Waals surface area contributed by atoms with Crippen molar-refractivity contribution in [2.24, 2.45) is 0 Å². The maximum Gasteiger partial charge on any atom is 0.369 e. The molecular formula is C9H12N2O7P2. The van der Waals surface area contributed by atoms with Crippen LogP contribution < -0.4 is 0 Å². The maximum absolute atomic E-state index is 11.2. The Morgan fingerprint density at radius 1 is 1.15 bits per heavy atom. The first kappa shape index (κ1) is 15.3. The fourth-order valence-corrected chi connectivity index (χ4v) is 3.85. The molecule has 5 N–H and O–H groups in total. The summed E-state index contributed by atoms with van der Waals surface area (Å²) in [4.78, 5) is 40.1. The minimum atomic E-state index is -5.46. The second-order valence-corrected chi connectivity index (χ2v) is 8.28. The van der Waals surface area contributed by atoms with Crippen molar-refractivity contribution in [2.75, 3.05) is 0 Å². The molecule has 0 saturated heterocycles. The number of nitrogens with zero attached hydrogens (tertiary/aromatic N) is 2. The van der Waals surface area contributed by atoms with E-state index in [4.69, 9.17) is 19.6 Å². The summed E-state index contributed by atoms with van der Waals surface area (Å²) in [6, 6.07) is 2.75. The molecule has 110 valence electrons. The van der Waals surface area contributed by atoms with Gasteiger partial charge in [0.2, 0.25) is 0 Å². The molecule has 2 aromatic heterocycles. The topological polar surface area (TPSA) is 153 Å². The minimum absolute atomic E-state index is 0.137. The molecule has 0 spiro atoms. The number of fused-ring (bicyclic) bond motifs is 1. The van der Waals surface area contributed by atoms with Gasteiger partial charge in [0.05, 0.1) is 0 Å². The third kappa shape index (κ3) is 2.57. The summed E-state index contributed by atoms with van der Waals surface area (Å²) in [6.07, 6.45) is 3.71. The van der Waals surface area contributed by atoms with Gasteiger partial charge in [-0.05, 0) is 17.7 Å². The van der Waals surface area contributed by atoms with Crippen molar-refractivity contribution in [3.8, 4) is 0 Å². The van der Waals surface area contributed by atoms with E-state index in [1.54, 1.807) is 10.6 Å². The summed E-state index contributed by atoms with van der Waals surface area (Å²) in [7, 11) is -10.9. The molecule has 2 rings (SSSR count). The van der Waals surface area contributed by atoms with Crippen LogP contribution in [0.1, 0.15) is 5.56 Å². The number of imidazole rings is 1. The molecule has 0 radical (unpaired) electrons. The number of rotatable bonds is 4. The van der Waals surface area contributed by atoms with Crippen molar-refractivity contribution < 1.29 is 33.8 Å². The van der Waals surface area contributed by atoms with Crippen LogP contribution >= 0.6 is 15.2 Å². The SMILES string of the molecule is O=P(O)(O)C(O)(Cc1ccn2ccnc2c1)P(=O)(O)O. The van der Waals surface area contributed by atoms with E-state index in [0.29, 0.717) is 5.65 Å². The number of aromatic nitrogens is 2. The third-order valence-corrected chi connectivity index (χ3v) is 6.58. The van der Waals surface area contributed by atoms with Gasteiger partial charge in [0, 0.05) is 25.0 Å². The molecule has 2 heterocycles. The van der Waals surface area contributed by atoms with E-state index in [2.05, 4.69) is 4.98 Å². The predicted octanol–water partition coefficient (Wildman–Crippen LogP) is -0.122. The molecule has 0 unspecified atom stereocenters. The number of hydrogen-bond acceptors (Lipinski definition) is 4. The van der Waals surface area contributed by atoms with Gasteiger partial charge in [-0.1, -0.05) is 0 Å². The van der Waals surface area contributed by atoms with E-state index in [0.717, 1.165) is 0 Å². The second kappa shape index (κ2) is 4.75. The highest BCUT2D eigenvalue weighted by Gasteiger charge is 2.59. The Morgan fingerprint density at radius 3 is 2.30 bits per heavy atom. The summed E-state index contributed by atoms with van der Waals surface area (Å²) in [6.45, 7) is 0. The van der Waals surface area contributed by atoms with Crippen LogP contribution in [0.2, 0.25) is 0 Å². The van der Waals surface area contributed by atoms with Crippen molar-refractivity contribution in [3.05, 3.63) is 36.3 Å². The van der Waals surface area contributed by atoms with E-state index in [-0.39, 0.29) is 5.56 Å². The number of aliphatic hydroxyl groups is 1. The fraction of sp³-hybridized carbons (Fsp3) is 0.222. The summed E-state index contributed by atoms with van der Waals surface area (Å²) >= 11 is 0. The first-order valence-corrected chi connectivity index (χ1v) is 8.52. The zero-order valence-electron chi connectivity index (χ0n) is 9.94. The molecule has 11 heteroatoms. The first-order valence-electron chi connectivity index (χ1n) is 5.30. The Morgan fingerprint density at radius 2 is 1.75 bits per heavy atom. The van der Waals surface area contributed by atoms with Gasteiger partial charge >= 0.3 is 15.2 Å². The lowest BCUT2D eigenvalue weighted by Crippen LogP contribution is -2.31. The number of hydrogen-bond donors (Lipinski definition) is 5. The second-order valence-electron chi connectivity index (χ2n) is 4.27. The molecule has 0 aliphatic rings. The first-order chi connectivity index (χ1) is 9.04. The summed E-state index contributed by atoms with van der Waals surface area (Å²) in [5.41, 5.74) is 0.555. The van der Waals surface area contributed by atoms with Crippen molar-refractivity contribution in [3.63, 3.8) is 0 Å². The molecule has 0 amide bonds. The summed E-state index contributed by atoms with van der Waals surface area (Å²) in [5.74, 6) is 0. The molecule has 0 aliphatic carbocycles. The molecule has 0 fully saturated rings. The Kier molecular flexibility index (Phi) is 3.64. The van der Waals surface area contributed by atoms with Crippen LogP contribution in [0.15, 0.2) is 30.7 Å². The summed E-state index contributed by atoms with van der Waals surface area (Å²) in [5, 5.41) is 6.35. The van der Waals surface area contributed by atoms with Gasteiger partial charge < -0.3 is 29.1 Å². The van der Waals surface area contributed by atoms with E-state index in [9.17, 15) is 14.2 Å². The van der Waals surface area contributed by atoms with Gasteiger partial charge in [-0.3, -0.25) is 9.13 Å². The van der Waals surface area contributed by atoms with Crippen LogP contribution in [0.4, 0.5) is 0 Å². The fourth-order valence-electron chi connectivity index (χ4n) is 1.71. The van der Waals surface area contributed by atoms with Crippen molar-refractivity contribution in [1.29, 1.82) is 0 Å². The normalized spacial score (nSPS) is 13.8. The highest BCUT2D eigenvalue weighted by atomic mass is 31.2. The van der Waals surface area contributed by atoms with E-state index >= 15 is 0 Å². The molecule has 0 aromatic carbocycles. The van der Waals surface area contributed by atoms with E-state index in [1.165, 1.54) is 24.5 Å². The average Bonchev–Trinajstić information content (AvgIpc) is 2.73. The minimum Gasteiger partial charge on any atom is -0.367 e. The van der Waals surface area contributed by atoms with E-state index < -0.39 is 26.7 Å². The molecule has 0 saturated carbocycles. The molecule has 20 heavy (non-hydrogen) atoms. The van der Waals surface area contributed by atoms with Crippen molar-refractivity contribution in [2.45, 2.75) is 11.5 Å². The van der Waals surface area contributed by atoms with Crippen LogP contribution in [-0.4, -0.2) is 39.1 Å². The lowest BCUT2D eigenvalue weighted by molar-refractivity contribution is 0.131. The lowest BCUT2D eigenvalue weighted by atomic mass is 10.2. The van der Waals surface area contributed by atoms with Crippen LogP contribution in [0.25, 0.3) is 5.65 Å². The Bertz CT molecular complexity index is 709. The molecule has 2 aromatic rings. The lowest BCUT2D eigenvalue weighted by Gasteiger charge is -2.29. The van der Waals surface area contributed by atoms with Gasteiger partial charge in [0.25, 0.3) is 5.08 Å². The van der Waals surface area contributed by atoms with Crippen molar-refractivity contribution >= 4 is 20.8 Å². The van der Waals surface area contributed by atoms with Gasteiger partial charge in [0.15, 0.2) is 0 Å². The monoisotopic (exact) mass is 322 g/mol. The largest absolute Gasteiger partial charge is 0.369 e. The van der Waals surface area contributed by atoms with Gasteiger partial charge in [0.1, 0.15) is 5.65 Å². The third-order valence-electron chi connectivity index (χ3n) is 2.84. The standard InChI is InChI=1S/C9H12N2O7P2/c12-9(19(13,14)15,20(16,17)18)6-7-1-3-11-4-2-10-8(11)5-7/h1-5,12H,6H2,(H2,13,14,15)(H2,16,17,18). The highest BCUT2D eigenvalue weighted by Crippen LogP contribution is 2.68. The van der Waals surface area contributed by atoms with Gasteiger partial charge in [-0.2, -0.15) is 0 Å². The van der Waals surface area contributed by atoms with Gasteiger partial charge in [-0.15, -0.1) is 0 Å². The zero-order valence-corrected chi connectivity index (χ0v) is 11.7. The van der Waals surface area contributed by atoms with Crippen LogP contribution in [0.5, 0.6) is 0 Å². The van der Waals surface area contributed by atoms with Crippen LogP contribution in [0.3, 0.4) is 0 Å². The van der Waals surface area contributed by atoms with Crippen LogP contribution in [0, 0.1) is 0 Å². The Balaban J connectivity index is 2.47. The molecular weight excluding hydrogens is 310 g/mol. The molecule has 0 atom stereocenters. The Hall–Kier alpha value is -1.05. The maximum atomic E-state index is 11.2. The molecule has 0 bridgehead atoms. The average molecular weight is 322 g/mol.